The molecule has 0 atom stereocenters. The molecule has 108 valence electrons. The lowest BCUT2D eigenvalue weighted by molar-refractivity contribution is -0.131. The average molecular weight is 302 g/mol. The van der Waals surface area contributed by atoms with Crippen LogP contribution in [0.15, 0.2) is 54.6 Å². The lowest BCUT2D eigenvalue weighted by atomic mass is 10.2. The molecule has 0 aliphatic carbocycles. The average Bonchev–Trinajstić information content (AvgIpc) is 2.47. The summed E-state index contributed by atoms with van der Waals surface area (Å²) in [6, 6.07) is 16.2. The molecule has 0 aliphatic heterocycles. The number of hydrogen-bond donors (Lipinski definition) is 0. The minimum absolute atomic E-state index is 0.0604. The molecule has 0 heterocycles. The molecule has 2 aromatic rings. The van der Waals surface area contributed by atoms with Crippen molar-refractivity contribution in [3.8, 4) is 11.5 Å². The summed E-state index contributed by atoms with van der Waals surface area (Å²) in [5, 5.41) is 0.0604. The highest BCUT2D eigenvalue weighted by Gasteiger charge is 2.03. The van der Waals surface area contributed by atoms with E-state index in [4.69, 9.17) is 26.4 Å². The molecule has 21 heavy (non-hydrogen) atoms. The van der Waals surface area contributed by atoms with Gasteiger partial charge in [0.15, 0.2) is 0 Å². The molecule has 0 saturated carbocycles. The molecular formula is C16H14O4S. The molecule has 2 rings (SSSR count). The van der Waals surface area contributed by atoms with Gasteiger partial charge < -0.3 is 14.2 Å². The highest BCUT2D eigenvalue weighted by molar-refractivity contribution is 7.79. The number of para-hydroxylation sites is 1. The Morgan fingerprint density at radius 1 is 0.952 bits per heavy atom. The number of carbonyl (C=O) groups is 1. The van der Waals surface area contributed by atoms with Gasteiger partial charge in [-0.2, -0.15) is 0 Å². The van der Waals surface area contributed by atoms with Crippen LogP contribution in [0.25, 0.3) is 0 Å². The first-order valence-corrected chi connectivity index (χ1v) is 6.71. The normalized spacial score (nSPS) is 9.76. The molecule has 0 unspecified atom stereocenters. The van der Waals surface area contributed by atoms with Gasteiger partial charge in [-0.3, -0.25) is 4.79 Å². The van der Waals surface area contributed by atoms with Gasteiger partial charge in [-0.05, 0) is 29.8 Å². The van der Waals surface area contributed by atoms with E-state index in [1.165, 1.54) is 6.92 Å². The van der Waals surface area contributed by atoms with Gasteiger partial charge >= 0.3 is 11.2 Å². The molecule has 0 radical (unpaired) electrons. The minimum Gasteiger partial charge on any atom is -0.452 e. The lowest BCUT2D eigenvalue weighted by Crippen LogP contribution is -2.10. The van der Waals surface area contributed by atoms with Crippen LogP contribution >= 0.6 is 12.2 Å². The summed E-state index contributed by atoms with van der Waals surface area (Å²) in [6.07, 6.45) is 0. The number of ether oxygens (including phenoxy) is 3. The quantitative estimate of drug-likeness (QED) is 0.491. The fraction of sp³-hybridized carbons (Fsp3) is 0.125. The van der Waals surface area contributed by atoms with Gasteiger partial charge in [0, 0.05) is 19.1 Å². The van der Waals surface area contributed by atoms with Gasteiger partial charge in [0.05, 0.1) is 0 Å². The lowest BCUT2D eigenvalue weighted by Gasteiger charge is -2.09. The summed E-state index contributed by atoms with van der Waals surface area (Å²) in [7, 11) is 0. The number of rotatable bonds is 4. The van der Waals surface area contributed by atoms with Crippen LogP contribution in [0.3, 0.4) is 0 Å². The van der Waals surface area contributed by atoms with Crippen LogP contribution in [-0.2, 0) is 16.1 Å². The molecule has 0 amide bonds. The highest BCUT2D eigenvalue weighted by Crippen LogP contribution is 2.14. The third-order valence-electron chi connectivity index (χ3n) is 2.49. The van der Waals surface area contributed by atoms with E-state index in [1.807, 2.05) is 18.2 Å². The Morgan fingerprint density at radius 3 is 2.19 bits per heavy atom. The zero-order chi connectivity index (χ0) is 15.1. The summed E-state index contributed by atoms with van der Waals surface area (Å²) in [5.41, 5.74) is 0.893. The van der Waals surface area contributed by atoms with Crippen LogP contribution in [-0.4, -0.2) is 11.2 Å². The van der Waals surface area contributed by atoms with Crippen molar-refractivity contribution in [2.75, 3.05) is 0 Å². The van der Waals surface area contributed by atoms with Crippen LogP contribution in [0.2, 0.25) is 0 Å². The molecule has 5 heteroatoms. The van der Waals surface area contributed by atoms with Crippen molar-refractivity contribution in [3.63, 3.8) is 0 Å². The fourth-order valence-electron chi connectivity index (χ4n) is 1.58. The largest absolute Gasteiger partial charge is 0.452 e. The first-order chi connectivity index (χ1) is 10.1. The van der Waals surface area contributed by atoms with Gasteiger partial charge in [0.2, 0.25) is 0 Å². The van der Waals surface area contributed by atoms with Gasteiger partial charge in [-0.1, -0.05) is 30.3 Å². The van der Waals surface area contributed by atoms with E-state index < -0.39 is 0 Å². The van der Waals surface area contributed by atoms with Crippen molar-refractivity contribution in [2.24, 2.45) is 0 Å². The summed E-state index contributed by atoms with van der Waals surface area (Å²) in [6.45, 7) is 1.64. The minimum atomic E-state index is -0.351. The predicted molar refractivity (Wildman–Crippen MR) is 82.2 cm³/mol. The number of carbonyl (C=O) groups excluding carboxylic acids is 1. The molecule has 0 aliphatic rings. The molecule has 0 aromatic heterocycles. The smallest absolute Gasteiger partial charge is 0.358 e. The van der Waals surface area contributed by atoms with Crippen molar-refractivity contribution in [2.45, 2.75) is 13.5 Å². The van der Waals surface area contributed by atoms with E-state index in [2.05, 4.69) is 0 Å². The molecule has 0 spiro atoms. The van der Waals surface area contributed by atoms with Gasteiger partial charge in [-0.15, -0.1) is 0 Å². The molecular weight excluding hydrogens is 288 g/mol. The number of esters is 1. The Labute approximate surface area is 128 Å². The molecule has 4 nitrogen and oxygen atoms in total. The Kier molecular flexibility index (Phi) is 5.29. The van der Waals surface area contributed by atoms with E-state index in [0.717, 1.165) is 5.56 Å². The number of benzene rings is 2. The Balaban J connectivity index is 1.82. The summed E-state index contributed by atoms with van der Waals surface area (Å²) in [5.74, 6) is 0.776. The van der Waals surface area contributed by atoms with Crippen molar-refractivity contribution in [1.82, 2.24) is 0 Å². The van der Waals surface area contributed by atoms with Gasteiger partial charge in [0.25, 0.3) is 0 Å². The maximum Gasteiger partial charge on any atom is 0.358 e. The first kappa shape index (κ1) is 15.0. The molecule has 0 saturated heterocycles. The SMILES string of the molecule is CC(=O)Oc1ccc(COC(=S)Oc2ccccc2)cc1. The first-order valence-electron chi connectivity index (χ1n) is 6.30. The number of hydrogen-bond acceptors (Lipinski definition) is 5. The van der Waals surface area contributed by atoms with Gasteiger partial charge in [0.1, 0.15) is 18.1 Å². The van der Waals surface area contributed by atoms with Crippen molar-refractivity contribution in [3.05, 3.63) is 60.2 Å². The standard InChI is InChI=1S/C16H14O4S/c1-12(17)19-15-9-7-13(8-10-15)11-18-16(21)20-14-5-3-2-4-6-14/h2-10H,11H2,1H3. The van der Waals surface area contributed by atoms with Crippen LogP contribution in [0.4, 0.5) is 0 Å². The molecule has 0 bridgehead atoms. The van der Waals surface area contributed by atoms with E-state index in [0.29, 0.717) is 11.5 Å². The van der Waals surface area contributed by atoms with Crippen LogP contribution < -0.4 is 9.47 Å². The maximum absolute atomic E-state index is 10.8. The monoisotopic (exact) mass is 302 g/mol. The Bertz CT molecular complexity index is 608. The van der Waals surface area contributed by atoms with Crippen molar-refractivity contribution < 1.29 is 19.0 Å². The van der Waals surface area contributed by atoms with E-state index in [9.17, 15) is 4.79 Å². The molecule has 0 fully saturated rings. The maximum atomic E-state index is 10.8. The van der Waals surface area contributed by atoms with Crippen LogP contribution in [0, 0.1) is 0 Å². The summed E-state index contributed by atoms with van der Waals surface area (Å²) >= 11 is 5.00. The predicted octanol–water partition coefficient (Wildman–Crippen LogP) is 3.49. The second-order valence-electron chi connectivity index (χ2n) is 4.19. The topological polar surface area (TPSA) is 44.8 Å². The van der Waals surface area contributed by atoms with Crippen molar-refractivity contribution in [1.29, 1.82) is 0 Å². The second-order valence-corrected chi connectivity index (χ2v) is 4.52. The van der Waals surface area contributed by atoms with Crippen LogP contribution in [0.5, 0.6) is 11.5 Å². The Hall–Kier alpha value is -2.40. The third kappa shape index (κ3) is 5.24. The fourth-order valence-corrected chi connectivity index (χ4v) is 1.73. The number of thiocarbonyl (C=S) groups is 1. The van der Waals surface area contributed by atoms with E-state index in [-0.39, 0.29) is 17.8 Å². The second kappa shape index (κ2) is 7.40. The van der Waals surface area contributed by atoms with Crippen molar-refractivity contribution >= 4 is 23.4 Å². The van der Waals surface area contributed by atoms with Gasteiger partial charge in [-0.25, -0.2) is 0 Å². The molecule has 2 aromatic carbocycles. The van der Waals surface area contributed by atoms with Crippen LogP contribution in [0.1, 0.15) is 12.5 Å². The molecule has 0 N–H and O–H groups in total. The van der Waals surface area contributed by atoms with E-state index in [1.54, 1.807) is 36.4 Å². The summed E-state index contributed by atoms with van der Waals surface area (Å²) in [4.78, 5) is 10.8. The Morgan fingerprint density at radius 2 is 1.57 bits per heavy atom. The van der Waals surface area contributed by atoms with E-state index >= 15 is 0 Å². The summed E-state index contributed by atoms with van der Waals surface area (Å²) < 4.78 is 15.7. The zero-order valence-corrected chi connectivity index (χ0v) is 12.3. The zero-order valence-electron chi connectivity index (χ0n) is 11.4. The third-order valence-corrected chi connectivity index (χ3v) is 2.69. The highest BCUT2D eigenvalue weighted by atomic mass is 32.1.